The number of carbonyl (C=O) groups is 2. The van der Waals surface area contributed by atoms with Crippen LogP contribution in [0.4, 0.5) is 0 Å². The zero-order chi connectivity index (χ0) is 24.8. The first-order valence-corrected chi connectivity index (χ1v) is 12.4. The molecule has 2 unspecified atom stereocenters. The first-order valence-electron chi connectivity index (χ1n) is 12.4. The maximum absolute atomic E-state index is 12.7. The van der Waals surface area contributed by atoms with Gasteiger partial charge in [0.2, 0.25) is 0 Å². The van der Waals surface area contributed by atoms with Gasteiger partial charge in [-0.05, 0) is 37.3 Å². The van der Waals surface area contributed by atoms with E-state index in [0.29, 0.717) is 13.1 Å². The molecule has 0 bridgehead atoms. The number of nitrogens with zero attached hydrogens (tertiary/aromatic N) is 2. The quantitative estimate of drug-likeness (QED) is 0.342. The van der Waals surface area contributed by atoms with Gasteiger partial charge < -0.3 is 9.47 Å². The molecule has 2 atom stereocenters. The fraction of sp³-hybridized carbons (Fsp3) is 0.500. The Kier molecular flexibility index (Phi) is 12.4. The first kappa shape index (κ1) is 27.5. The fourth-order valence-corrected chi connectivity index (χ4v) is 3.83. The predicted octanol–water partition coefficient (Wildman–Crippen LogP) is 5.02. The zero-order valence-corrected chi connectivity index (χ0v) is 21.1. The Bertz CT molecular complexity index is 764. The predicted molar refractivity (Wildman–Crippen MR) is 135 cm³/mol. The van der Waals surface area contributed by atoms with Crippen molar-refractivity contribution in [3.8, 4) is 0 Å². The van der Waals surface area contributed by atoms with Crippen LogP contribution in [0, 0.1) is 0 Å². The maximum Gasteiger partial charge on any atom is 0.307 e. The van der Waals surface area contributed by atoms with E-state index in [0.717, 1.165) is 37.3 Å². The molecule has 0 aromatic heterocycles. The molecule has 0 aliphatic carbocycles. The van der Waals surface area contributed by atoms with Crippen LogP contribution in [0.3, 0.4) is 0 Å². The van der Waals surface area contributed by atoms with Crippen LogP contribution in [0.15, 0.2) is 60.7 Å². The molecule has 6 heteroatoms. The molecule has 2 aromatic carbocycles. The van der Waals surface area contributed by atoms with Crippen LogP contribution in [0.1, 0.15) is 63.9 Å². The largest absolute Gasteiger partial charge is 0.456 e. The summed E-state index contributed by atoms with van der Waals surface area (Å²) in [5.74, 6) is -0.782. The van der Waals surface area contributed by atoms with Crippen molar-refractivity contribution in [2.75, 3.05) is 39.3 Å². The van der Waals surface area contributed by atoms with Crippen molar-refractivity contribution in [1.29, 1.82) is 0 Å². The van der Waals surface area contributed by atoms with Gasteiger partial charge in [-0.25, -0.2) is 0 Å². The van der Waals surface area contributed by atoms with E-state index in [1.807, 2.05) is 60.7 Å². The third kappa shape index (κ3) is 9.27. The van der Waals surface area contributed by atoms with Gasteiger partial charge in [-0.2, -0.15) is 0 Å². The molecule has 0 saturated heterocycles. The van der Waals surface area contributed by atoms with Crippen molar-refractivity contribution < 1.29 is 19.1 Å². The lowest BCUT2D eigenvalue weighted by molar-refractivity contribution is -0.157. The van der Waals surface area contributed by atoms with Crippen molar-refractivity contribution in [3.63, 3.8) is 0 Å². The van der Waals surface area contributed by atoms with Gasteiger partial charge in [0.25, 0.3) is 0 Å². The molecule has 2 rings (SSSR count). The van der Waals surface area contributed by atoms with E-state index in [4.69, 9.17) is 9.47 Å². The van der Waals surface area contributed by atoms with E-state index >= 15 is 0 Å². The maximum atomic E-state index is 12.7. The molecular weight excluding hydrogens is 428 g/mol. The summed E-state index contributed by atoms with van der Waals surface area (Å²) in [7, 11) is 0. The van der Waals surface area contributed by atoms with Crippen LogP contribution in [0.25, 0.3) is 0 Å². The van der Waals surface area contributed by atoms with Crippen molar-refractivity contribution in [2.24, 2.45) is 0 Å². The van der Waals surface area contributed by atoms with Crippen LogP contribution in [-0.2, 0) is 19.1 Å². The van der Waals surface area contributed by atoms with E-state index < -0.39 is 11.9 Å². The SMILES string of the molecule is CCN(CC)CC(OC(=O)CCC(=O)OC(CN(CC)CC)c1ccccc1)c1ccccc1. The molecule has 0 aliphatic rings. The zero-order valence-electron chi connectivity index (χ0n) is 21.1. The van der Waals surface area contributed by atoms with Crippen molar-refractivity contribution in [1.82, 2.24) is 9.80 Å². The first-order chi connectivity index (χ1) is 16.5. The highest BCUT2D eigenvalue weighted by atomic mass is 16.6. The molecule has 2 aromatic rings. The normalized spacial score (nSPS) is 13.0. The van der Waals surface area contributed by atoms with Gasteiger partial charge in [-0.3, -0.25) is 19.4 Å². The molecule has 0 heterocycles. The average molecular weight is 469 g/mol. The summed E-state index contributed by atoms with van der Waals surface area (Å²) in [4.78, 5) is 29.8. The molecule has 0 amide bonds. The minimum atomic E-state index is -0.391. The number of carbonyl (C=O) groups excluding carboxylic acids is 2. The van der Waals surface area contributed by atoms with Crippen LogP contribution < -0.4 is 0 Å². The minimum Gasteiger partial charge on any atom is -0.456 e. The van der Waals surface area contributed by atoms with Gasteiger partial charge in [0.15, 0.2) is 0 Å². The minimum absolute atomic E-state index is 0.00675. The summed E-state index contributed by atoms with van der Waals surface area (Å²) in [5, 5.41) is 0. The van der Waals surface area contributed by atoms with E-state index in [-0.39, 0.29) is 25.0 Å². The highest BCUT2D eigenvalue weighted by molar-refractivity contribution is 5.78. The third-order valence-corrected chi connectivity index (χ3v) is 6.06. The van der Waals surface area contributed by atoms with Gasteiger partial charge in [-0.1, -0.05) is 88.4 Å². The third-order valence-electron chi connectivity index (χ3n) is 6.06. The molecule has 0 fully saturated rings. The average Bonchev–Trinajstić information content (AvgIpc) is 2.88. The smallest absolute Gasteiger partial charge is 0.307 e. The number of rotatable bonds is 15. The Balaban J connectivity index is 1.97. The Hall–Kier alpha value is -2.70. The van der Waals surface area contributed by atoms with E-state index in [9.17, 15) is 9.59 Å². The van der Waals surface area contributed by atoms with Gasteiger partial charge in [0.1, 0.15) is 12.2 Å². The van der Waals surface area contributed by atoms with Crippen LogP contribution in [0.2, 0.25) is 0 Å². The summed E-state index contributed by atoms with van der Waals surface area (Å²) in [6, 6.07) is 19.5. The number of benzene rings is 2. The van der Waals surface area contributed by atoms with E-state index in [2.05, 4.69) is 37.5 Å². The van der Waals surface area contributed by atoms with Gasteiger partial charge >= 0.3 is 11.9 Å². The molecule has 34 heavy (non-hydrogen) atoms. The molecule has 0 radical (unpaired) electrons. The molecular formula is C28H40N2O4. The Morgan fingerprint density at radius 1 is 0.618 bits per heavy atom. The lowest BCUT2D eigenvalue weighted by atomic mass is 10.1. The molecule has 0 N–H and O–H groups in total. The second-order valence-corrected chi connectivity index (χ2v) is 8.25. The highest BCUT2D eigenvalue weighted by Crippen LogP contribution is 2.22. The molecule has 6 nitrogen and oxygen atoms in total. The standard InChI is InChI=1S/C28H40N2O4/c1-5-29(6-2)21-25(23-15-11-9-12-16-23)33-27(31)19-20-28(32)34-26(22-30(7-3)8-4)24-17-13-10-14-18-24/h9-18,25-26H,5-8,19-22H2,1-4H3. The Morgan fingerprint density at radius 2 is 0.941 bits per heavy atom. The van der Waals surface area contributed by atoms with Gasteiger partial charge in [0.05, 0.1) is 12.8 Å². The van der Waals surface area contributed by atoms with Gasteiger partial charge in [0, 0.05) is 13.1 Å². The molecule has 186 valence electrons. The summed E-state index contributed by atoms with van der Waals surface area (Å²) >= 11 is 0. The van der Waals surface area contributed by atoms with Crippen LogP contribution in [0.5, 0.6) is 0 Å². The number of hydrogen-bond acceptors (Lipinski definition) is 6. The number of likely N-dealkylation sites (N-methyl/N-ethyl adjacent to an activating group) is 2. The second kappa shape index (κ2) is 15.3. The number of hydrogen-bond donors (Lipinski definition) is 0. The summed E-state index contributed by atoms with van der Waals surface area (Å²) in [6.07, 6.45) is -0.755. The van der Waals surface area contributed by atoms with Gasteiger partial charge in [-0.15, -0.1) is 0 Å². The lowest BCUT2D eigenvalue weighted by Crippen LogP contribution is -2.31. The fourth-order valence-electron chi connectivity index (χ4n) is 3.83. The lowest BCUT2D eigenvalue weighted by Gasteiger charge is -2.26. The highest BCUT2D eigenvalue weighted by Gasteiger charge is 2.22. The monoisotopic (exact) mass is 468 g/mol. The summed E-state index contributed by atoms with van der Waals surface area (Å²) < 4.78 is 11.6. The second-order valence-electron chi connectivity index (χ2n) is 8.25. The van der Waals surface area contributed by atoms with E-state index in [1.165, 1.54) is 0 Å². The number of ether oxygens (including phenoxy) is 2. The number of esters is 2. The van der Waals surface area contributed by atoms with Crippen molar-refractivity contribution in [3.05, 3.63) is 71.8 Å². The van der Waals surface area contributed by atoms with Crippen LogP contribution >= 0.6 is 0 Å². The van der Waals surface area contributed by atoms with Crippen LogP contribution in [-0.4, -0.2) is 61.0 Å². The molecule has 0 saturated carbocycles. The van der Waals surface area contributed by atoms with Crippen molar-refractivity contribution in [2.45, 2.75) is 52.7 Å². The molecule has 0 spiro atoms. The molecule has 0 aliphatic heterocycles. The summed E-state index contributed by atoms with van der Waals surface area (Å²) in [6.45, 7) is 13.1. The topological polar surface area (TPSA) is 59.1 Å². The van der Waals surface area contributed by atoms with E-state index in [1.54, 1.807) is 0 Å². The summed E-state index contributed by atoms with van der Waals surface area (Å²) in [5.41, 5.74) is 1.90. The Labute approximate surface area is 204 Å². The van der Waals surface area contributed by atoms with Crippen molar-refractivity contribution >= 4 is 11.9 Å². The Morgan fingerprint density at radius 3 is 1.24 bits per heavy atom.